The van der Waals surface area contributed by atoms with Gasteiger partial charge < -0.3 is 9.52 Å². The number of aromatic nitrogens is 1. The first-order valence-electron chi connectivity index (χ1n) is 11.0. The first kappa shape index (κ1) is 22.5. The first-order chi connectivity index (χ1) is 16.9. The van der Waals surface area contributed by atoms with Crippen LogP contribution in [0.3, 0.4) is 0 Å². The van der Waals surface area contributed by atoms with Gasteiger partial charge in [0, 0.05) is 22.4 Å². The smallest absolute Gasteiger partial charge is 0.227 e. The van der Waals surface area contributed by atoms with Gasteiger partial charge in [0.15, 0.2) is 5.58 Å². The topological polar surface area (TPSA) is 83.3 Å². The zero-order valence-electron chi connectivity index (χ0n) is 19.1. The number of hydrogen-bond donors (Lipinski definition) is 1. The Morgan fingerprint density at radius 1 is 0.886 bits per heavy atom. The minimum absolute atomic E-state index is 0.0959. The summed E-state index contributed by atoms with van der Waals surface area (Å²) in [7, 11) is 0. The van der Waals surface area contributed by atoms with E-state index in [0.717, 1.165) is 33.5 Å². The SMILES string of the molecule is Cc1ccc2nc(-c3ccc(C)c(N=Cc4cc(N=Nc5cccc(Cl)c5)ccc4O)c3)oc2c1. The van der Waals surface area contributed by atoms with Crippen LogP contribution in [0.25, 0.3) is 22.6 Å². The van der Waals surface area contributed by atoms with Gasteiger partial charge in [0.25, 0.3) is 0 Å². The second-order valence-corrected chi connectivity index (χ2v) is 8.61. The molecule has 0 aliphatic heterocycles. The van der Waals surface area contributed by atoms with Gasteiger partial charge in [-0.05, 0) is 85.6 Å². The van der Waals surface area contributed by atoms with Crippen molar-refractivity contribution < 1.29 is 9.52 Å². The van der Waals surface area contributed by atoms with E-state index in [1.165, 1.54) is 0 Å². The van der Waals surface area contributed by atoms with Crippen LogP contribution in [0.4, 0.5) is 17.1 Å². The van der Waals surface area contributed by atoms with E-state index in [1.54, 1.807) is 36.5 Å². The number of halogens is 1. The number of benzene rings is 4. The number of rotatable bonds is 5. The lowest BCUT2D eigenvalue weighted by molar-refractivity contribution is 0.474. The molecule has 0 saturated heterocycles. The first-order valence-corrected chi connectivity index (χ1v) is 11.3. The van der Waals surface area contributed by atoms with Crippen LogP contribution in [0.1, 0.15) is 16.7 Å². The van der Waals surface area contributed by atoms with E-state index < -0.39 is 0 Å². The normalized spacial score (nSPS) is 11.7. The van der Waals surface area contributed by atoms with Crippen molar-refractivity contribution in [3.05, 3.63) is 101 Å². The molecule has 1 aromatic heterocycles. The van der Waals surface area contributed by atoms with Crippen molar-refractivity contribution in [2.24, 2.45) is 15.2 Å². The molecule has 0 bridgehead atoms. The van der Waals surface area contributed by atoms with Crippen LogP contribution in [-0.4, -0.2) is 16.3 Å². The van der Waals surface area contributed by atoms with Gasteiger partial charge in [-0.25, -0.2) is 4.98 Å². The minimum Gasteiger partial charge on any atom is -0.507 e. The Kier molecular flexibility index (Phi) is 6.12. The molecule has 0 atom stereocenters. The third kappa shape index (κ3) is 5.13. The molecule has 0 amide bonds. The summed E-state index contributed by atoms with van der Waals surface area (Å²) in [6, 6.07) is 23.9. The average Bonchev–Trinajstić information content (AvgIpc) is 3.27. The highest BCUT2D eigenvalue weighted by Crippen LogP contribution is 2.31. The monoisotopic (exact) mass is 480 g/mol. The fourth-order valence-corrected chi connectivity index (χ4v) is 3.72. The van der Waals surface area contributed by atoms with E-state index in [9.17, 15) is 5.11 Å². The number of oxazole rings is 1. The number of hydrogen-bond acceptors (Lipinski definition) is 6. The molecular weight excluding hydrogens is 460 g/mol. The van der Waals surface area contributed by atoms with E-state index >= 15 is 0 Å². The van der Waals surface area contributed by atoms with Gasteiger partial charge in [-0.3, -0.25) is 4.99 Å². The quantitative estimate of drug-likeness (QED) is 0.202. The number of nitrogens with zero attached hydrogens (tertiary/aromatic N) is 4. The summed E-state index contributed by atoms with van der Waals surface area (Å²) in [5, 5.41) is 19.4. The lowest BCUT2D eigenvalue weighted by Crippen LogP contribution is -1.84. The van der Waals surface area contributed by atoms with Gasteiger partial charge in [0.05, 0.1) is 17.1 Å². The highest BCUT2D eigenvalue weighted by Gasteiger charge is 2.10. The van der Waals surface area contributed by atoms with Crippen LogP contribution in [0.5, 0.6) is 5.75 Å². The Hall–Kier alpha value is -4.29. The molecule has 1 N–H and O–H groups in total. The van der Waals surface area contributed by atoms with E-state index in [1.807, 2.05) is 62.4 Å². The Balaban J connectivity index is 1.42. The molecule has 6 nitrogen and oxygen atoms in total. The third-order valence-electron chi connectivity index (χ3n) is 5.44. The second kappa shape index (κ2) is 9.52. The van der Waals surface area contributed by atoms with Crippen molar-refractivity contribution in [3.8, 4) is 17.2 Å². The van der Waals surface area contributed by atoms with Gasteiger partial charge in [0.2, 0.25) is 5.89 Å². The van der Waals surface area contributed by atoms with Crippen LogP contribution in [0.2, 0.25) is 5.02 Å². The molecule has 4 aromatic carbocycles. The van der Waals surface area contributed by atoms with Crippen molar-refractivity contribution in [1.82, 2.24) is 4.98 Å². The average molecular weight is 481 g/mol. The lowest BCUT2D eigenvalue weighted by Gasteiger charge is -2.04. The summed E-state index contributed by atoms with van der Waals surface area (Å²) in [6.45, 7) is 3.99. The summed E-state index contributed by atoms with van der Waals surface area (Å²) < 4.78 is 5.96. The van der Waals surface area contributed by atoms with Crippen LogP contribution in [-0.2, 0) is 0 Å². The number of aliphatic imine (C=N–C) groups is 1. The Morgan fingerprint density at radius 2 is 1.71 bits per heavy atom. The lowest BCUT2D eigenvalue weighted by atomic mass is 10.1. The maximum absolute atomic E-state index is 10.3. The van der Waals surface area contributed by atoms with Crippen molar-refractivity contribution >= 4 is 46.0 Å². The fourth-order valence-electron chi connectivity index (χ4n) is 3.54. The van der Waals surface area contributed by atoms with Crippen LogP contribution in [0, 0.1) is 13.8 Å². The molecule has 0 aliphatic carbocycles. The summed E-state index contributed by atoms with van der Waals surface area (Å²) in [6.07, 6.45) is 1.61. The van der Waals surface area contributed by atoms with Gasteiger partial charge in [-0.15, -0.1) is 0 Å². The Labute approximate surface area is 207 Å². The highest BCUT2D eigenvalue weighted by molar-refractivity contribution is 6.30. The second-order valence-electron chi connectivity index (χ2n) is 8.17. The molecule has 5 aromatic rings. The van der Waals surface area contributed by atoms with Crippen LogP contribution < -0.4 is 0 Å². The molecule has 0 spiro atoms. The number of aromatic hydroxyl groups is 1. The maximum atomic E-state index is 10.3. The summed E-state index contributed by atoms with van der Waals surface area (Å²) in [5.41, 5.74) is 6.96. The van der Waals surface area contributed by atoms with Crippen LogP contribution in [0.15, 0.2) is 98.5 Å². The molecule has 0 unspecified atom stereocenters. The summed E-state index contributed by atoms with van der Waals surface area (Å²) >= 11 is 6.00. The number of aryl methyl sites for hydroxylation is 2. The molecular formula is C28H21ClN4O2. The van der Waals surface area contributed by atoms with Crippen molar-refractivity contribution in [2.45, 2.75) is 13.8 Å². The molecule has 0 fully saturated rings. The number of phenols is 1. The molecule has 0 saturated carbocycles. The molecule has 35 heavy (non-hydrogen) atoms. The van der Waals surface area contributed by atoms with Crippen LogP contribution >= 0.6 is 11.6 Å². The zero-order valence-corrected chi connectivity index (χ0v) is 19.9. The summed E-state index contributed by atoms with van der Waals surface area (Å²) in [4.78, 5) is 9.22. The largest absolute Gasteiger partial charge is 0.507 e. The molecule has 0 radical (unpaired) electrons. The van der Waals surface area contributed by atoms with Gasteiger partial charge in [-0.2, -0.15) is 10.2 Å². The number of azo groups is 1. The Morgan fingerprint density at radius 3 is 2.54 bits per heavy atom. The standard InChI is InChI=1S/C28H21ClN4O2/c1-17-6-10-24-27(12-17)35-28(31-24)19-8-7-18(2)25(14-19)30-16-20-13-23(9-11-26(20)34)33-32-22-5-3-4-21(29)15-22/h3-16,34H,1-2H3. The van der Waals surface area contributed by atoms with Gasteiger partial charge >= 0.3 is 0 Å². The minimum atomic E-state index is 0.0959. The molecule has 7 heteroatoms. The van der Waals surface area contributed by atoms with Crippen molar-refractivity contribution in [2.75, 3.05) is 0 Å². The predicted octanol–water partition coefficient (Wildman–Crippen LogP) is 8.64. The van der Waals surface area contributed by atoms with E-state index in [4.69, 9.17) is 16.0 Å². The van der Waals surface area contributed by atoms with Crippen molar-refractivity contribution in [1.29, 1.82) is 0 Å². The maximum Gasteiger partial charge on any atom is 0.227 e. The summed E-state index contributed by atoms with van der Waals surface area (Å²) in [5.74, 6) is 0.631. The number of fused-ring (bicyclic) bond motifs is 1. The third-order valence-corrected chi connectivity index (χ3v) is 5.68. The number of phenolic OH excluding ortho intramolecular Hbond substituents is 1. The molecule has 1 heterocycles. The predicted molar refractivity (Wildman–Crippen MR) is 140 cm³/mol. The Bertz CT molecular complexity index is 1600. The zero-order chi connectivity index (χ0) is 24.4. The van der Waals surface area contributed by atoms with E-state index in [0.29, 0.717) is 27.9 Å². The van der Waals surface area contributed by atoms with Crippen molar-refractivity contribution in [3.63, 3.8) is 0 Å². The fraction of sp³-hybridized carbons (Fsp3) is 0.0714. The highest BCUT2D eigenvalue weighted by atomic mass is 35.5. The van der Waals surface area contributed by atoms with Gasteiger partial charge in [-0.1, -0.05) is 29.8 Å². The molecule has 172 valence electrons. The van der Waals surface area contributed by atoms with E-state index in [-0.39, 0.29) is 5.75 Å². The molecule has 5 rings (SSSR count). The van der Waals surface area contributed by atoms with Gasteiger partial charge in [0.1, 0.15) is 11.3 Å². The van der Waals surface area contributed by atoms with E-state index in [2.05, 4.69) is 20.2 Å². The molecule has 0 aliphatic rings.